The molecule has 0 spiro atoms. The second kappa shape index (κ2) is 6.62. The summed E-state index contributed by atoms with van der Waals surface area (Å²) in [5.41, 5.74) is 0.953. The minimum Gasteiger partial charge on any atom is -0.394 e. The molecule has 6 heteroatoms. The molecule has 0 aliphatic rings. The lowest BCUT2D eigenvalue weighted by Gasteiger charge is -2.13. The Kier molecular flexibility index (Phi) is 4.56. The van der Waals surface area contributed by atoms with E-state index in [1.165, 1.54) is 27.8 Å². The first-order valence-electron chi connectivity index (χ1n) is 7.43. The first-order valence-corrected chi connectivity index (χ1v) is 8.24. The molecule has 3 rings (SSSR count). The number of aliphatic hydroxyl groups is 2. The Balaban J connectivity index is 2.06. The largest absolute Gasteiger partial charge is 0.394 e. The maximum absolute atomic E-state index is 12.6. The van der Waals surface area contributed by atoms with Gasteiger partial charge >= 0.3 is 0 Å². The van der Waals surface area contributed by atoms with E-state index in [1.807, 2.05) is 24.3 Å². The Morgan fingerprint density at radius 3 is 2.57 bits per heavy atom. The van der Waals surface area contributed by atoms with Gasteiger partial charge in [-0.25, -0.2) is 4.98 Å². The number of aromatic nitrogens is 2. The number of hydrogen-bond acceptors (Lipinski definition) is 5. The SMILES string of the molecule is C[C@@H](c1ccccc1)c1cc2c(=O)n(C(CO)CO)cnc2s1. The molecule has 0 bridgehead atoms. The van der Waals surface area contributed by atoms with Crippen LogP contribution in [-0.4, -0.2) is 33.0 Å². The Bertz CT molecular complexity index is 853. The molecule has 0 unspecified atom stereocenters. The quantitative estimate of drug-likeness (QED) is 0.751. The average Bonchev–Trinajstić information content (AvgIpc) is 3.03. The van der Waals surface area contributed by atoms with E-state index < -0.39 is 6.04 Å². The molecule has 3 aromatic rings. The van der Waals surface area contributed by atoms with Crippen LogP contribution in [0.1, 0.15) is 29.3 Å². The molecule has 1 aromatic carbocycles. The molecule has 0 saturated heterocycles. The Hall–Kier alpha value is -2.02. The molecular weight excluding hydrogens is 312 g/mol. The number of rotatable bonds is 5. The van der Waals surface area contributed by atoms with Crippen molar-refractivity contribution in [3.63, 3.8) is 0 Å². The van der Waals surface area contributed by atoms with Crippen LogP contribution in [0.25, 0.3) is 10.2 Å². The van der Waals surface area contributed by atoms with E-state index in [-0.39, 0.29) is 24.7 Å². The molecule has 2 N–H and O–H groups in total. The van der Waals surface area contributed by atoms with Crippen LogP contribution in [0, 0.1) is 0 Å². The third kappa shape index (κ3) is 2.93. The second-order valence-electron chi connectivity index (χ2n) is 5.48. The predicted octanol–water partition coefficient (Wildman–Crippen LogP) is 2.14. The topological polar surface area (TPSA) is 75.4 Å². The number of nitrogens with zero attached hydrogens (tertiary/aromatic N) is 2. The number of aliphatic hydroxyl groups excluding tert-OH is 2. The van der Waals surface area contributed by atoms with Gasteiger partial charge in [-0.2, -0.15) is 0 Å². The molecule has 1 atom stereocenters. The highest BCUT2D eigenvalue weighted by atomic mass is 32.1. The Labute approximate surface area is 137 Å². The van der Waals surface area contributed by atoms with Crippen molar-refractivity contribution in [2.45, 2.75) is 18.9 Å². The summed E-state index contributed by atoms with van der Waals surface area (Å²) < 4.78 is 1.30. The highest BCUT2D eigenvalue weighted by molar-refractivity contribution is 7.18. The maximum Gasteiger partial charge on any atom is 0.262 e. The molecule has 2 heterocycles. The molecule has 0 radical (unpaired) electrons. The van der Waals surface area contributed by atoms with Crippen molar-refractivity contribution < 1.29 is 10.2 Å². The summed E-state index contributed by atoms with van der Waals surface area (Å²) in [5.74, 6) is 0.176. The number of thiophene rings is 1. The summed E-state index contributed by atoms with van der Waals surface area (Å²) in [7, 11) is 0. The fourth-order valence-electron chi connectivity index (χ4n) is 2.57. The standard InChI is InChI=1S/C17H18N2O3S/c1-11(12-5-3-2-4-6-12)15-7-14-16(23-15)18-10-19(17(14)22)13(8-20)9-21/h2-7,10-11,13,20-21H,8-9H2,1H3/t11-/m0/s1. The first kappa shape index (κ1) is 15.9. The van der Waals surface area contributed by atoms with Gasteiger partial charge in [0.15, 0.2) is 0 Å². The van der Waals surface area contributed by atoms with E-state index in [9.17, 15) is 15.0 Å². The summed E-state index contributed by atoms with van der Waals surface area (Å²) in [4.78, 5) is 18.6. The number of benzene rings is 1. The molecule has 0 aliphatic carbocycles. The van der Waals surface area contributed by atoms with Gasteiger partial charge in [-0.3, -0.25) is 9.36 Å². The molecule has 0 aliphatic heterocycles. The lowest BCUT2D eigenvalue weighted by Crippen LogP contribution is -2.29. The molecule has 23 heavy (non-hydrogen) atoms. The highest BCUT2D eigenvalue weighted by Crippen LogP contribution is 2.32. The van der Waals surface area contributed by atoms with Crippen molar-refractivity contribution in [3.8, 4) is 0 Å². The van der Waals surface area contributed by atoms with E-state index in [0.29, 0.717) is 10.2 Å². The van der Waals surface area contributed by atoms with E-state index in [0.717, 1.165) is 4.88 Å². The molecule has 5 nitrogen and oxygen atoms in total. The Morgan fingerprint density at radius 2 is 1.91 bits per heavy atom. The zero-order valence-electron chi connectivity index (χ0n) is 12.7. The van der Waals surface area contributed by atoms with E-state index in [2.05, 4.69) is 24.0 Å². The van der Waals surface area contributed by atoms with E-state index in [1.54, 1.807) is 0 Å². The number of hydrogen-bond donors (Lipinski definition) is 2. The predicted molar refractivity (Wildman–Crippen MR) is 91.0 cm³/mol. The zero-order chi connectivity index (χ0) is 16.4. The molecule has 2 aromatic heterocycles. The van der Waals surface area contributed by atoms with Crippen LogP contribution in [0.4, 0.5) is 0 Å². The molecule has 0 saturated carbocycles. The number of fused-ring (bicyclic) bond motifs is 1. The van der Waals surface area contributed by atoms with Crippen molar-refractivity contribution in [1.29, 1.82) is 0 Å². The van der Waals surface area contributed by atoms with Crippen LogP contribution in [0.15, 0.2) is 47.5 Å². The molecule has 0 amide bonds. The van der Waals surface area contributed by atoms with Gasteiger partial charge in [-0.1, -0.05) is 37.3 Å². The summed E-state index contributed by atoms with van der Waals surface area (Å²) in [5, 5.41) is 19.1. The molecule has 0 fully saturated rings. The van der Waals surface area contributed by atoms with Crippen molar-refractivity contribution >= 4 is 21.6 Å². The van der Waals surface area contributed by atoms with Gasteiger partial charge in [0.1, 0.15) is 4.83 Å². The maximum atomic E-state index is 12.6. The van der Waals surface area contributed by atoms with Crippen molar-refractivity contribution in [1.82, 2.24) is 9.55 Å². The van der Waals surface area contributed by atoms with Gasteiger partial charge in [0.25, 0.3) is 5.56 Å². The van der Waals surface area contributed by atoms with Crippen molar-refractivity contribution in [2.75, 3.05) is 13.2 Å². The first-order chi connectivity index (χ1) is 11.2. The van der Waals surface area contributed by atoms with Crippen LogP contribution in [0.5, 0.6) is 0 Å². The van der Waals surface area contributed by atoms with Crippen LogP contribution in [-0.2, 0) is 0 Å². The van der Waals surface area contributed by atoms with Gasteiger partial charge in [0, 0.05) is 10.8 Å². The summed E-state index contributed by atoms with van der Waals surface area (Å²) >= 11 is 1.50. The summed E-state index contributed by atoms with van der Waals surface area (Å²) in [6.07, 6.45) is 1.40. The lowest BCUT2D eigenvalue weighted by atomic mass is 9.99. The summed E-state index contributed by atoms with van der Waals surface area (Å²) in [6.45, 7) is 1.49. The van der Waals surface area contributed by atoms with Crippen LogP contribution < -0.4 is 5.56 Å². The minimum absolute atomic E-state index is 0.176. The molecular formula is C17H18N2O3S. The van der Waals surface area contributed by atoms with Gasteiger partial charge in [0.2, 0.25) is 0 Å². The fraction of sp³-hybridized carbons (Fsp3) is 0.294. The monoisotopic (exact) mass is 330 g/mol. The molecule has 120 valence electrons. The fourth-order valence-corrected chi connectivity index (χ4v) is 3.64. The van der Waals surface area contributed by atoms with E-state index >= 15 is 0 Å². The Morgan fingerprint density at radius 1 is 1.22 bits per heavy atom. The third-order valence-electron chi connectivity index (χ3n) is 4.04. The third-order valence-corrected chi connectivity index (χ3v) is 5.26. The summed E-state index contributed by atoms with van der Waals surface area (Å²) in [6, 6.07) is 11.3. The van der Waals surface area contributed by atoms with Gasteiger partial charge in [-0.15, -0.1) is 11.3 Å². The van der Waals surface area contributed by atoms with Gasteiger partial charge in [0.05, 0.1) is 31.0 Å². The normalized spacial score (nSPS) is 12.9. The minimum atomic E-state index is -0.658. The second-order valence-corrected chi connectivity index (χ2v) is 6.54. The van der Waals surface area contributed by atoms with Crippen LogP contribution in [0.3, 0.4) is 0 Å². The lowest BCUT2D eigenvalue weighted by molar-refractivity contribution is 0.152. The average molecular weight is 330 g/mol. The zero-order valence-corrected chi connectivity index (χ0v) is 13.5. The van der Waals surface area contributed by atoms with Gasteiger partial charge in [-0.05, 0) is 11.6 Å². The van der Waals surface area contributed by atoms with Crippen LogP contribution >= 0.6 is 11.3 Å². The van der Waals surface area contributed by atoms with E-state index in [4.69, 9.17) is 0 Å². The van der Waals surface area contributed by atoms with Crippen molar-refractivity contribution in [3.05, 3.63) is 63.5 Å². The van der Waals surface area contributed by atoms with Gasteiger partial charge < -0.3 is 10.2 Å². The smallest absolute Gasteiger partial charge is 0.262 e. The van der Waals surface area contributed by atoms with Crippen molar-refractivity contribution in [2.24, 2.45) is 0 Å². The van der Waals surface area contributed by atoms with Crippen LogP contribution in [0.2, 0.25) is 0 Å². The highest BCUT2D eigenvalue weighted by Gasteiger charge is 2.17.